The van der Waals surface area contributed by atoms with Gasteiger partial charge in [0.15, 0.2) is 10.9 Å². The molecule has 4 heteroatoms. The summed E-state index contributed by atoms with van der Waals surface area (Å²) in [7, 11) is 0. The molecule has 0 N–H and O–H groups in total. The van der Waals surface area contributed by atoms with Crippen molar-refractivity contribution in [2.45, 2.75) is 0 Å². The van der Waals surface area contributed by atoms with Crippen molar-refractivity contribution in [2.75, 3.05) is 0 Å². The zero-order valence-electron chi connectivity index (χ0n) is 11.6. The van der Waals surface area contributed by atoms with E-state index >= 15 is 0 Å². The van der Waals surface area contributed by atoms with Crippen molar-refractivity contribution in [1.29, 1.82) is 0 Å². The van der Waals surface area contributed by atoms with Crippen LogP contribution in [0.25, 0.3) is 16.9 Å². The maximum absolute atomic E-state index is 12.9. The Morgan fingerprint density at radius 2 is 1.68 bits per heavy atom. The summed E-state index contributed by atoms with van der Waals surface area (Å²) in [5, 5.41) is 13.4. The summed E-state index contributed by atoms with van der Waals surface area (Å²) in [5.41, 5.74) is 1.76. The van der Waals surface area contributed by atoms with E-state index in [1.807, 2.05) is 36.4 Å². The fraction of sp³-hybridized carbons (Fsp3) is 0. The molecule has 4 aromatic rings. The number of pyridine rings is 2. The number of benzene rings is 1. The summed E-state index contributed by atoms with van der Waals surface area (Å²) in [6.45, 7) is 0. The van der Waals surface area contributed by atoms with Crippen LogP contribution in [0, 0.1) is 0 Å². The number of hydrogen-bond acceptors (Lipinski definition) is 2. The zero-order chi connectivity index (χ0) is 15.1. The lowest BCUT2D eigenvalue weighted by atomic mass is 10.2. The van der Waals surface area contributed by atoms with E-state index in [4.69, 9.17) is 0 Å². The minimum Gasteiger partial charge on any atom is -0.869 e. The second kappa shape index (κ2) is 4.70. The summed E-state index contributed by atoms with van der Waals surface area (Å²) in [6.07, 6.45) is 1.80. The number of imidazole rings is 1. The van der Waals surface area contributed by atoms with Crippen LogP contribution in [0.1, 0.15) is 5.56 Å². The molecule has 22 heavy (non-hydrogen) atoms. The van der Waals surface area contributed by atoms with Crippen molar-refractivity contribution in [3.05, 3.63) is 94.2 Å². The minimum atomic E-state index is -0.145. The molecule has 0 amide bonds. The zero-order valence-corrected chi connectivity index (χ0v) is 11.6. The molecule has 4 rings (SSSR count). The Morgan fingerprint density at radius 1 is 0.909 bits per heavy atom. The molecule has 0 unspecified atom stereocenters. The molecule has 4 nitrogen and oxygen atoms in total. The van der Waals surface area contributed by atoms with Gasteiger partial charge in [-0.3, -0.25) is 0 Å². The molecule has 106 valence electrons. The fourth-order valence-corrected chi connectivity index (χ4v) is 2.79. The van der Waals surface area contributed by atoms with Crippen molar-refractivity contribution >= 4 is 16.9 Å². The first kappa shape index (κ1) is 12.6. The highest BCUT2D eigenvalue weighted by molar-refractivity contribution is 5.64. The van der Waals surface area contributed by atoms with Gasteiger partial charge in [0.05, 0.1) is 6.20 Å². The molecular weight excluding hydrogens is 276 g/mol. The molecule has 0 atom stereocenters. The largest absolute Gasteiger partial charge is 0.869 e. The van der Waals surface area contributed by atoms with Gasteiger partial charge in [0.2, 0.25) is 0 Å². The second-order valence-corrected chi connectivity index (χ2v) is 5.06. The predicted molar refractivity (Wildman–Crippen MR) is 81.0 cm³/mol. The number of rotatable bonds is 1. The molecule has 3 aromatic heterocycles. The van der Waals surface area contributed by atoms with Crippen molar-refractivity contribution in [1.82, 2.24) is 4.40 Å². The van der Waals surface area contributed by atoms with E-state index < -0.39 is 0 Å². The van der Waals surface area contributed by atoms with Crippen molar-refractivity contribution in [3.63, 3.8) is 0 Å². The summed E-state index contributed by atoms with van der Waals surface area (Å²) in [6, 6.07) is 19.6. The van der Waals surface area contributed by atoms with E-state index in [-0.39, 0.29) is 11.3 Å². The first-order valence-electron chi connectivity index (χ1n) is 6.98. The quantitative estimate of drug-likeness (QED) is 0.472. The predicted octanol–water partition coefficient (Wildman–Crippen LogP) is 0.274. The summed E-state index contributed by atoms with van der Waals surface area (Å²) >= 11 is 0. The van der Waals surface area contributed by atoms with Gasteiger partial charge < -0.3 is 5.11 Å². The number of nitrogens with zero attached hydrogens (tertiary/aromatic N) is 2. The van der Waals surface area contributed by atoms with Crippen LogP contribution in [0.3, 0.4) is 0 Å². The van der Waals surface area contributed by atoms with Crippen molar-refractivity contribution in [3.8, 4) is 0 Å². The Morgan fingerprint density at radius 3 is 2.50 bits per heavy atom. The summed E-state index contributed by atoms with van der Waals surface area (Å²) < 4.78 is 3.34. The second-order valence-electron chi connectivity index (χ2n) is 5.06. The highest BCUT2D eigenvalue weighted by Crippen LogP contribution is 2.06. The SMILES string of the molecule is O=c1cccc2/c(=C(\[O-])c3ccccc3)[n+]3ccccc3n12. The van der Waals surface area contributed by atoms with E-state index in [9.17, 15) is 9.90 Å². The molecule has 0 bridgehead atoms. The lowest BCUT2D eigenvalue weighted by Crippen LogP contribution is -2.41. The topological polar surface area (TPSA) is 48.6 Å². The molecule has 0 aliphatic heterocycles. The standard InChI is InChI=1S/C18H12N2O2/c21-16-11-6-9-14-17(18(22)13-7-2-1-3-8-13)19-12-5-4-10-15(19)20(14)16/h1-12H. The van der Waals surface area contributed by atoms with Crippen LogP contribution in [0.4, 0.5) is 0 Å². The molecule has 0 saturated heterocycles. The van der Waals surface area contributed by atoms with Crippen LogP contribution in [0.2, 0.25) is 0 Å². The third-order valence-electron chi connectivity index (χ3n) is 3.76. The lowest BCUT2D eigenvalue weighted by Gasteiger charge is -2.09. The first-order valence-corrected chi connectivity index (χ1v) is 6.98. The van der Waals surface area contributed by atoms with E-state index in [1.165, 1.54) is 6.07 Å². The number of fused-ring (bicyclic) bond motifs is 3. The minimum absolute atomic E-state index is 0.102. The van der Waals surface area contributed by atoms with Crippen LogP contribution < -0.4 is 20.4 Å². The van der Waals surface area contributed by atoms with Crippen molar-refractivity contribution < 1.29 is 9.51 Å². The summed E-state index contributed by atoms with van der Waals surface area (Å²) in [4.78, 5) is 12.2. The van der Waals surface area contributed by atoms with Gasteiger partial charge in [-0.2, -0.15) is 8.80 Å². The van der Waals surface area contributed by atoms with Gasteiger partial charge in [0.25, 0.3) is 5.65 Å². The maximum Gasteiger partial charge on any atom is 0.339 e. The average molecular weight is 288 g/mol. The monoisotopic (exact) mass is 288 g/mol. The van der Waals surface area contributed by atoms with Gasteiger partial charge in [0, 0.05) is 12.1 Å². The van der Waals surface area contributed by atoms with Gasteiger partial charge in [-0.05, 0) is 23.5 Å². The van der Waals surface area contributed by atoms with E-state index in [1.54, 1.807) is 39.3 Å². The third kappa shape index (κ3) is 1.71. The van der Waals surface area contributed by atoms with E-state index in [2.05, 4.69) is 0 Å². The van der Waals surface area contributed by atoms with Gasteiger partial charge >= 0.3 is 5.56 Å². The van der Waals surface area contributed by atoms with Gasteiger partial charge in [-0.1, -0.05) is 42.5 Å². The normalized spacial score (nSPS) is 12.7. The molecule has 0 aliphatic rings. The molecule has 1 aromatic carbocycles. The number of aromatic nitrogens is 2. The maximum atomic E-state index is 12.9. The van der Waals surface area contributed by atoms with Crippen LogP contribution >= 0.6 is 0 Å². The van der Waals surface area contributed by atoms with Crippen LogP contribution in [0.5, 0.6) is 0 Å². The molecule has 0 fully saturated rings. The highest BCUT2D eigenvalue weighted by Gasteiger charge is 2.17. The van der Waals surface area contributed by atoms with Crippen LogP contribution in [0.15, 0.2) is 77.7 Å². The van der Waals surface area contributed by atoms with Gasteiger partial charge in [-0.15, -0.1) is 0 Å². The molecule has 0 radical (unpaired) electrons. The van der Waals surface area contributed by atoms with E-state index in [0.717, 1.165) is 0 Å². The van der Waals surface area contributed by atoms with Crippen LogP contribution in [-0.2, 0) is 0 Å². The van der Waals surface area contributed by atoms with Gasteiger partial charge in [0.1, 0.15) is 0 Å². The summed E-state index contributed by atoms with van der Waals surface area (Å²) in [5.74, 6) is -0.102. The molecule has 0 spiro atoms. The molecular formula is C18H12N2O2. The fourth-order valence-electron chi connectivity index (χ4n) is 2.79. The Balaban J connectivity index is 2.32. The smallest absolute Gasteiger partial charge is 0.339 e. The van der Waals surface area contributed by atoms with E-state index in [0.29, 0.717) is 22.1 Å². The highest BCUT2D eigenvalue weighted by atomic mass is 16.3. The third-order valence-corrected chi connectivity index (χ3v) is 3.76. The lowest BCUT2D eigenvalue weighted by molar-refractivity contribution is -0.528. The van der Waals surface area contributed by atoms with Crippen LogP contribution in [-0.4, -0.2) is 4.40 Å². The van der Waals surface area contributed by atoms with Crippen molar-refractivity contribution in [2.24, 2.45) is 0 Å². The Kier molecular flexibility index (Phi) is 2.69. The number of hydrogen-bond donors (Lipinski definition) is 0. The molecule has 0 aliphatic carbocycles. The Bertz CT molecular complexity index is 1100. The molecule has 3 heterocycles. The van der Waals surface area contributed by atoms with Gasteiger partial charge in [-0.25, -0.2) is 4.79 Å². The average Bonchev–Trinajstić information content (AvgIpc) is 2.90. The Hall–Kier alpha value is -3.14. The Labute approximate surface area is 125 Å². The first-order chi connectivity index (χ1) is 10.8. The molecule has 0 saturated carbocycles.